The molecule has 0 aliphatic rings. The summed E-state index contributed by atoms with van der Waals surface area (Å²) in [6, 6.07) is 19.9. The van der Waals surface area contributed by atoms with Gasteiger partial charge in [0, 0.05) is 4.88 Å². The number of carbonyl (C=O) groups is 1. The second-order valence-corrected chi connectivity index (χ2v) is 6.06. The van der Waals surface area contributed by atoms with Crippen LogP contribution in [-0.4, -0.2) is 5.91 Å². The maximum atomic E-state index is 11.4. The topological polar surface area (TPSA) is 66.9 Å². The normalized spacial score (nSPS) is 10.2. The van der Waals surface area contributed by atoms with Gasteiger partial charge in [0.05, 0.1) is 18.1 Å². The highest BCUT2D eigenvalue weighted by molar-refractivity contribution is 7.14. The Morgan fingerprint density at radius 2 is 1.78 bits per heavy atom. The molecule has 2 N–H and O–H groups in total. The lowest BCUT2D eigenvalue weighted by Crippen LogP contribution is -2.10. The predicted molar refractivity (Wildman–Crippen MR) is 93.0 cm³/mol. The van der Waals surface area contributed by atoms with Crippen LogP contribution in [0.4, 0.5) is 0 Å². The first-order valence-corrected chi connectivity index (χ1v) is 8.01. The van der Waals surface area contributed by atoms with Crippen LogP contribution in [0.15, 0.2) is 60.0 Å². The molecule has 0 unspecified atom stereocenters. The van der Waals surface area contributed by atoms with Gasteiger partial charge >= 0.3 is 0 Å². The van der Waals surface area contributed by atoms with Gasteiger partial charge in [0.2, 0.25) is 5.91 Å². The maximum Gasteiger partial charge on any atom is 0.250 e. The summed E-state index contributed by atoms with van der Waals surface area (Å²) in [4.78, 5) is 12.3. The molecular formula is C19H14N2OS. The average molecular weight is 318 g/mol. The first-order chi connectivity index (χ1) is 11.2. The summed E-state index contributed by atoms with van der Waals surface area (Å²) >= 11 is 1.50. The molecule has 1 heterocycles. The Bertz CT molecular complexity index is 888. The molecule has 0 radical (unpaired) electrons. The van der Waals surface area contributed by atoms with Crippen molar-refractivity contribution in [2.24, 2.45) is 5.73 Å². The van der Waals surface area contributed by atoms with E-state index in [-0.39, 0.29) is 0 Å². The Kier molecular flexibility index (Phi) is 4.22. The van der Waals surface area contributed by atoms with Gasteiger partial charge in [-0.1, -0.05) is 48.5 Å². The quantitative estimate of drug-likeness (QED) is 0.781. The highest BCUT2D eigenvalue weighted by atomic mass is 32.1. The Morgan fingerprint density at radius 3 is 2.48 bits per heavy atom. The molecule has 4 heteroatoms. The van der Waals surface area contributed by atoms with Crippen molar-refractivity contribution in [3.63, 3.8) is 0 Å². The van der Waals surface area contributed by atoms with E-state index in [0.29, 0.717) is 12.0 Å². The van der Waals surface area contributed by atoms with E-state index in [1.165, 1.54) is 11.3 Å². The molecular weight excluding hydrogens is 304 g/mol. The van der Waals surface area contributed by atoms with Gasteiger partial charge in [-0.15, -0.1) is 11.3 Å². The average Bonchev–Trinajstić information content (AvgIpc) is 3.05. The van der Waals surface area contributed by atoms with E-state index in [4.69, 9.17) is 11.0 Å². The number of nitrogens with zero attached hydrogens (tertiary/aromatic N) is 1. The molecule has 112 valence electrons. The van der Waals surface area contributed by atoms with E-state index in [0.717, 1.165) is 27.1 Å². The van der Waals surface area contributed by atoms with Crippen LogP contribution in [0.25, 0.3) is 21.6 Å². The molecule has 3 nitrogen and oxygen atoms in total. The van der Waals surface area contributed by atoms with Gasteiger partial charge in [0.1, 0.15) is 0 Å². The van der Waals surface area contributed by atoms with Crippen molar-refractivity contribution in [1.82, 2.24) is 0 Å². The molecule has 1 aromatic heterocycles. The summed E-state index contributed by atoms with van der Waals surface area (Å²) in [7, 11) is 0. The number of amides is 1. The highest BCUT2D eigenvalue weighted by Gasteiger charge is 2.11. The van der Waals surface area contributed by atoms with Gasteiger partial charge in [0.25, 0.3) is 0 Å². The second kappa shape index (κ2) is 6.47. The summed E-state index contributed by atoms with van der Waals surface area (Å²) in [5, 5.41) is 10.7. The van der Waals surface area contributed by atoms with Crippen LogP contribution in [0.1, 0.15) is 15.9 Å². The summed E-state index contributed by atoms with van der Waals surface area (Å²) in [5.41, 5.74) is 10.1. The number of hydrogen-bond donors (Lipinski definition) is 1. The minimum atomic E-state index is -0.408. The minimum Gasteiger partial charge on any atom is -0.366 e. The van der Waals surface area contributed by atoms with E-state index >= 15 is 0 Å². The third-order valence-electron chi connectivity index (χ3n) is 3.62. The predicted octanol–water partition coefficient (Wildman–Crippen LogP) is 4.25. The van der Waals surface area contributed by atoms with Gasteiger partial charge in [-0.3, -0.25) is 4.79 Å². The Morgan fingerprint density at radius 1 is 1.04 bits per heavy atom. The lowest BCUT2D eigenvalue weighted by Gasteiger charge is -2.06. The van der Waals surface area contributed by atoms with Crippen molar-refractivity contribution >= 4 is 17.2 Å². The van der Waals surface area contributed by atoms with Crippen LogP contribution in [-0.2, 0) is 6.42 Å². The first-order valence-electron chi connectivity index (χ1n) is 7.13. The summed E-state index contributed by atoms with van der Waals surface area (Å²) < 4.78 is 0. The Labute approximate surface area is 138 Å². The van der Waals surface area contributed by atoms with Crippen LogP contribution in [0.5, 0.6) is 0 Å². The number of nitriles is 1. The zero-order valence-electron chi connectivity index (χ0n) is 12.3. The molecule has 0 aliphatic carbocycles. The SMILES string of the molecule is N#CCc1cccc(-c2ccc(-c3sccc3C(N)=O)cc2)c1. The molecule has 0 saturated heterocycles. The van der Waals surface area contributed by atoms with Crippen molar-refractivity contribution in [3.05, 3.63) is 71.1 Å². The largest absolute Gasteiger partial charge is 0.366 e. The van der Waals surface area contributed by atoms with E-state index in [2.05, 4.69) is 6.07 Å². The maximum absolute atomic E-state index is 11.4. The van der Waals surface area contributed by atoms with Gasteiger partial charge < -0.3 is 5.73 Å². The fourth-order valence-corrected chi connectivity index (χ4v) is 3.40. The van der Waals surface area contributed by atoms with Gasteiger partial charge in [-0.2, -0.15) is 5.26 Å². The Hall–Kier alpha value is -2.90. The lowest BCUT2D eigenvalue weighted by atomic mass is 10.00. The number of primary amides is 1. The smallest absolute Gasteiger partial charge is 0.250 e. The van der Waals surface area contributed by atoms with Crippen molar-refractivity contribution < 1.29 is 4.79 Å². The van der Waals surface area contributed by atoms with Crippen molar-refractivity contribution in [2.75, 3.05) is 0 Å². The third-order valence-corrected chi connectivity index (χ3v) is 4.58. The molecule has 3 rings (SSSR count). The summed E-state index contributed by atoms with van der Waals surface area (Å²) in [6.07, 6.45) is 0.406. The monoisotopic (exact) mass is 318 g/mol. The number of nitrogens with two attached hydrogens (primary N) is 1. The number of rotatable bonds is 4. The van der Waals surface area contributed by atoms with Crippen LogP contribution < -0.4 is 5.73 Å². The van der Waals surface area contributed by atoms with E-state index < -0.39 is 5.91 Å². The number of carbonyl (C=O) groups excluding carboxylic acids is 1. The third kappa shape index (κ3) is 3.15. The van der Waals surface area contributed by atoms with E-state index in [1.54, 1.807) is 6.07 Å². The second-order valence-electron chi connectivity index (χ2n) is 5.14. The first kappa shape index (κ1) is 15.0. The summed E-state index contributed by atoms with van der Waals surface area (Å²) in [6.45, 7) is 0. The lowest BCUT2D eigenvalue weighted by molar-refractivity contribution is 0.100. The number of thiophene rings is 1. The van der Waals surface area contributed by atoms with Gasteiger partial charge in [0.15, 0.2) is 0 Å². The van der Waals surface area contributed by atoms with Crippen molar-refractivity contribution in [3.8, 4) is 27.6 Å². The molecule has 3 aromatic rings. The van der Waals surface area contributed by atoms with Crippen molar-refractivity contribution in [2.45, 2.75) is 6.42 Å². The van der Waals surface area contributed by atoms with Crippen LogP contribution in [0.3, 0.4) is 0 Å². The highest BCUT2D eigenvalue weighted by Crippen LogP contribution is 2.31. The van der Waals surface area contributed by atoms with Crippen LogP contribution >= 0.6 is 11.3 Å². The van der Waals surface area contributed by atoms with Gasteiger partial charge in [-0.25, -0.2) is 0 Å². The standard InChI is InChI=1S/C19H14N2OS/c20-10-8-13-2-1-3-16(12-13)14-4-6-15(7-5-14)18-17(19(21)22)9-11-23-18/h1-7,9,11-12H,8H2,(H2,21,22). The molecule has 0 fully saturated rings. The fraction of sp³-hybridized carbons (Fsp3) is 0.0526. The molecule has 0 bridgehead atoms. The zero-order valence-corrected chi connectivity index (χ0v) is 13.1. The zero-order chi connectivity index (χ0) is 16.2. The minimum absolute atomic E-state index is 0.406. The molecule has 0 atom stereocenters. The Balaban J connectivity index is 1.93. The van der Waals surface area contributed by atoms with Crippen LogP contribution in [0, 0.1) is 11.3 Å². The molecule has 0 saturated carbocycles. The number of hydrogen-bond acceptors (Lipinski definition) is 3. The molecule has 0 aliphatic heterocycles. The number of benzene rings is 2. The van der Waals surface area contributed by atoms with Crippen molar-refractivity contribution in [1.29, 1.82) is 5.26 Å². The van der Waals surface area contributed by atoms with Gasteiger partial charge in [-0.05, 0) is 33.7 Å². The molecule has 2 aromatic carbocycles. The van der Waals surface area contributed by atoms with Crippen LogP contribution in [0.2, 0.25) is 0 Å². The fourth-order valence-electron chi connectivity index (χ4n) is 2.49. The van der Waals surface area contributed by atoms with E-state index in [1.807, 2.05) is 53.9 Å². The molecule has 1 amide bonds. The molecule has 0 spiro atoms. The molecule has 23 heavy (non-hydrogen) atoms. The summed E-state index contributed by atoms with van der Waals surface area (Å²) in [5.74, 6) is -0.408. The van der Waals surface area contributed by atoms with E-state index in [9.17, 15) is 4.79 Å².